The molecule has 23 heavy (non-hydrogen) atoms. The summed E-state index contributed by atoms with van der Waals surface area (Å²) >= 11 is 0. The number of nitrogens with one attached hydrogen (secondary N) is 1. The van der Waals surface area contributed by atoms with E-state index in [2.05, 4.69) is 19.8 Å². The van der Waals surface area contributed by atoms with Crippen LogP contribution in [0.4, 0.5) is 5.82 Å². The number of amides is 1. The number of carbonyl (C=O) groups is 1. The molecule has 1 aliphatic heterocycles. The molecule has 120 valence electrons. The Labute approximate surface area is 142 Å². The van der Waals surface area contributed by atoms with Gasteiger partial charge in [-0.25, -0.2) is 16.5 Å². The molecule has 2 aromatic rings. The number of rotatable bonds is 3. The highest BCUT2D eigenvalue weighted by Gasteiger charge is 2.33. The van der Waals surface area contributed by atoms with Crippen molar-refractivity contribution in [1.82, 2.24) is 19.9 Å². The van der Waals surface area contributed by atoms with Crippen LogP contribution in [0.2, 0.25) is 0 Å². The third kappa shape index (κ3) is 2.84. The number of hydrogen-bond donors (Lipinski definition) is 1. The van der Waals surface area contributed by atoms with E-state index in [1.165, 1.54) is 11.2 Å². The van der Waals surface area contributed by atoms with Crippen molar-refractivity contribution in [3.63, 3.8) is 0 Å². The Morgan fingerprint density at radius 1 is 1.70 bits per heavy atom. The Hall–Kier alpha value is -2.62. The highest BCUT2D eigenvalue weighted by Crippen LogP contribution is 2.28. The normalized spacial score (nSPS) is 25.6. The van der Waals surface area contributed by atoms with Crippen LogP contribution < -0.4 is 4.90 Å². The highest BCUT2D eigenvalue weighted by molar-refractivity contribution is 5.87. The van der Waals surface area contributed by atoms with Crippen molar-refractivity contribution in [1.29, 1.82) is 0 Å². The number of nitrogens with zero attached hydrogens (tertiary/aromatic N) is 5. The topological polar surface area (TPSA) is 69.5 Å². The summed E-state index contributed by atoms with van der Waals surface area (Å²) in [6, 6.07) is 1.16. The molecule has 1 saturated heterocycles. The first-order valence-electron chi connectivity index (χ1n) is 9.75. The zero-order valence-electron chi connectivity index (χ0n) is 17.7. The van der Waals surface area contributed by atoms with Crippen LogP contribution in [0.15, 0.2) is 18.6 Å². The SMILES string of the molecule is [2H]C([2H])([N+]#[C-])C(=O)N1CC[C@@H](C([2H])([2H])[2H])[C@@H](N(C)c2ncnc3[nH]ccc23)C1. The van der Waals surface area contributed by atoms with Gasteiger partial charge >= 0.3 is 5.91 Å². The minimum Gasteiger partial charge on any atom is -0.354 e. The van der Waals surface area contributed by atoms with E-state index in [4.69, 9.17) is 13.4 Å². The molecule has 7 nitrogen and oxygen atoms in total. The summed E-state index contributed by atoms with van der Waals surface area (Å²) in [5.74, 6) is -1.16. The van der Waals surface area contributed by atoms with Crippen molar-refractivity contribution in [2.45, 2.75) is 19.3 Å². The van der Waals surface area contributed by atoms with E-state index >= 15 is 0 Å². The quantitative estimate of drug-likeness (QED) is 0.872. The lowest BCUT2D eigenvalue weighted by Crippen LogP contribution is -2.53. The molecule has 0 radical (unpaired) electrons. The lowest BCUT2D eigenvalue weighted by atomic mass is 9.92. The number of likely N-dealkylation sites (N-methyl/N-ethyl adjacent to an activating group) is 1. The first-order chi connectivity index (χ1) is 13.1. The molecule has 2 atom stereocenters. The minimum atomic E-state index is -2.67. The smallest absolute Gasteiger partial charge is 0.302 e. The maximum absolute atomic E-state index is 12.4. The van der Waals surface area contributed by atoms with Gasteiger partial charge in [0.05, 0.1) is 11.4 Å². The Balaban J connectivity index is 1.96. The van der Waals surface area contributed by atoms with Gasteiger partial charge in [0.1, 0.15) is 20.5 Å². The second kappa shape index (κ2) is 6.24. The Kier molecular flexibility index (Phi) is 2.77. The first kappa shape index (κ1) is 10.2. The first-order valence-corrected chi connectivity index (χ1v) is 7.25. The number of carbonyl (C=O) groups excluding carboxylic acids is 1. The summed E-state index contributed by atoms with van der Waals surface area (Å²) in [4.78, 5) is 29.5. The van der Waals surface area contributed by atoms with Crippen LogP contribution in [0.25, 0.3) is 15.9 Å². The Morgan fingerprint density at radius 3 is 3.35 bits per heavy atom. The lowest BCUT2D eigenvalue weighted by molar-refractivity contribution is -0.130. The van der Waals surface area contributed by atoms with Crippen LogP contribution in [0.5, 0.6) is 0 Å². The van der Waals surface area contributed by atoms with Crippen LogP contribution >= 0.6 is 0 Å². The average Bonchev–Trinajstić information content (AvgIpc) is 3.14. The van der Waals surface area contributed by atoms with E-state index < -0.39 is 31.2 Å². The third-order valence-electron chi connectivity index (χ3n) is 4.19. The van der Waals surface area contributed by atoms with Gasteiger partial charge < -0.3 is 19.6 Å². The van der Waals surface area contributed by atoms with Crippen LogP contribution in [0, 0.1) is 12.5 Å². The molecule has 3 rings (SSSR count). The molecular formula is C16H20N6O. The summed E-state index contributed by atoms with van der Waals surface area (Å²) in [5, 5.41) is 0.717. The maximum atomic E-state index is 12.4. The van der Waals surface area contributed by atoms with Gasteiger partial charge in [0.2, 0.25) is 0 Å². The number of piperidine rings is 1. The molecule has 0 bridgehead atoms. The van der Waals surface area contributed by atoms with Gasteiger partial charge in [-0.2, -0.15) is 0 Å². The van der Waals surface area contributed by atoms with E-state index in [-0.39, 0.29) is 19.5 Å². The molecule has 7 heteroatoms. The van der Waals surface area contributed by atoms with Crippen LogP contribution in [0.1, 0.15) is 20.1 Å². The summed E-state index contributed by atoms with van der Waals surface area (Å²) in [6.45, 7) is 2.07. The van der Waals surface area contributed by atoms with Crippen molar-refractivity contribution in [3.05, 3.63) is 30.0 Å². The number of fused-ring (bicyclic) bond motifs is 1. The van der Waals surface area contributed by atoms with Gasteiger partial charge in [-0.3, -0.25) is 4.79 Å². The van der Waals surface area contributed by atoms with E-state index in [0.29, 0.717) is 16.9 Å². The van der Waals surface area contributed by atoms with Gasteiger partial charge in [0, 0.05) is 30.4 Å². The molecule has 0 spiro atoms. The predicted octanol–water partition coefficient (Wildman–Crippen LogP) is 1.55. The van der Waals surface area contributed by atoms with Crippen molar-refractivity contribution in [3.8, 4) is 0 Å². The molecule has 1 aliphatic rings. The van der Waals surface area contributed by atoms with Crippen LogP contribution in [0.3, 0.4) is 0 Å². The fraction of sp³-hybridized carbons (Fsp3) is 0.500. The molecule has 1 amide bonds. The number of aromatic nitrogens is 3. The summed E-state index contributed by atoms with van der Waals surface area (Å²) in [5.41, 5.74) is 0.607. The van der Waals surface area contributed by atoms with E-state index in [1.807, 2.05) is 0 Å². The zero-order valence-corrected chi connectivity index (χ0v) is 12.7. The summed E-state index contributed by atoms with van der Waals surface area (Å²) < 4.78 is 38.9. The fourth-order valence-electron chi connectivity index (χ4n) is 2.92. The Morgan fingerprint density at radius 2 is 2.57 bits per heavy atom. The zero-order chi connectivity index (χ0) is 20.7. The average molecular weight is 317 g/mol. The second-order valence-electron chi connectivity index (χ2n) is 5.49. The third-order valence-corrected chi connectivity index (χ3v) is 4.19. The number of likely N-dealkylation sites (tertiary alicyclic amines) is 1. The number of H-pyrrole nitrogens is 1. The van der Waals surface area contributed by atoms with Crippen molar-refractivity contribution in [2.75, 3.05) is 31.5 Å². The van der Waals surface area contributed by atoms with Gasteiger partial charge in [-0.1, -0.05) is 6.85 Å². The molecule has 2 aromatic heterocycles. The molecule has 1 fully saturated rings. The molecule has 1 N–H and O–H groups in total. The number of hydrogen-bond acceptors (Lipinski definition) is 4. The molecule has 0 unspecified atom stereocenters. The molecule has 3 heterocycles. The van der Waals surface area contributed by atoms with Crippen molar-refractivity contribution < 1.29 is 11.6 Å². The summed E-state index contributed by atoms with van der Waals surface area (Å²) in [7, 11) is 1.70. The van der Waals surface area contributed by atoms with E-state index in [1.54, 1.807) is 24.2 Å². The van der Waals surface area contributed by atoms with Crippen LogP contribution in [-0.4, -0.2) is 58.4 Å². The van der Waals surface area contributed by atoms with Gasteiger partial charge in [-0.15, -0.1) is 0 Å². The Bertz CT molecular complexity index is 920. The van der Waals surface area contributed by atoms with Gasteiger partial charge in [0.15, 0.2) is 0 Å². The minimum absolute atomic E-state index is 0.0106. The van der Waals surface area contributed by atoms with Gasteiger partial charge in [-0.05, 0) is 18.4 Å². The molecular weight excluding hydrogens is 292 g/mol. The van der Waals surface area contributed by atoms with Crippen LogP contribution in [-0.2, 0) is 4.79 Å². The standard InChI is InChI=1S/C16H20N6O/c1-11-5-7-22(14(23)8-17-2)9-13(11)21(3)16-12-4-6-18-15(12)19-10-20-16/h4,6,10-11,13H,5,7-9H2,1,3H3,(H,18,19,20)/t11-,13+/m1/s1/i1D3,8D2. The largest absolute Gasteiger partial charge is 0.354 e. The lowest BCUT2D eigenvalue weighted by Gasteiger charge is -2.41. The fourth-order valence-corrected chi connectivity index (χ4v) is 2.92. The number of aromatic amines is 1. The molecule has 0 aromatic carbocycles. The summed E-state index contributed by atoms with van der Waals surface area (Å²) in [6.07, 6.45) is 3.25. The predicted molar refractivity (Wildman–Crippen MR) is 87.9 cm³/mol. The van der Waals surface area contributed by atoms with E-state index in [9.17, 15) is 4.79 Å². The van der Waals surface area contributed by atoms with Crippen molar-refractivity contribution >= 4 is 22.8 Å². The number of anilines is 1. The monoisotopic (exact) mass is 317 g/mol. The molecule has 0 aliphatic carbocycles. The maximum Gasteiger partial charge on any atom is 0.302 e. The highest BCUT2D eigenvalue weighted by atomic mass is 16.2. The second-order valence-corrected chi connectivity index (χ2v) is 5.49. The van der Waals surface area contributed by atoms with Crippen molar-refractivity contribution in [2.24, 2.45) is 5.92 Å². The van der Waals surface area contributed by atoms with E-state index in [0.717, 1.165) is 0 Å². The molecule has 0 saturated carbocycles. The van der Waals surface area contributed by atoms with Gasteiger partial charge in [0.25, 0.3) is 6.50 Å².